The molecule has 0 aromatic rings. The molecule has 1 unspecified atom stereocenters. The van der Waals surface area contributed by atoms with Gasteiger partial charge in [-0.25, -0.2) is 0 Å². The zero-order chi connectivity index (χ0) is 8.97. The van der Waals surface area contributed by atoms with Gasteiger partial charge in [0.1, 0.15) is 0 Å². The molecule has 1 aliphatic rings. The van der Waals surface area contributed by atoms with Crippen LogP contribution in [0, 0.1) is 0 Å². The molecule has 0 spiro atoms. The molecule has 1 rings (SSSR count). The summed E-state index contributed by atoms with van der Waals surface area (Å²) in [6, 6.07) is 0. The molecule has 1 amide bonds. The van der Waals surface area contributed by atoms with Crippen LogP contribution in [0.15, 0.2) is 12.2 Å². The van der Waals surface area contributed by atoms with Gasteiger partial charge in [0.25, 0.3) is 0 Å². The maximum Gasteiger partial charge on any atom is 0.241 e. The number of carbonyl (C=O) groups excluding carboxylic acids is 1. The Kier molecular flexibility index (Phi) is 3.25. The minimum Gasteiger partial charge on any atom is -0.392 e. The van der Waals surface area contributed by atoms with Crippen LogP contribution in [0.3, 0.4) is 0 Å². The molecule has 0 aliphatic carbocycles. The van der Waals surface area contributed by atoms with Gasteiger partial charge in [-0.2, -0.15) is 0 Å². The Morgan fingerprint density at radius 3 is 3.00 bits per heavy atom. The average molecular weight is 170 g/mol. The number of amides is 1. The summed E-state index contributed by atoms with van der Waals surface area (Å²) in [4.78, 5) is 12.4. The Hall–Kier alpha value is -0.870. The number of aliphatic hydroxyl groups excluding tert-OH is 1. The molecule has 1 heterocycles. The summed E-state index contributed by atoms with van der Waals surface area (Å²) in [6.07, 6.45) is 3.70. The predicted octanol–water partition coefficient (Wildman–Crippen LogP) is -0.906. The summed E-state index contributed by atoms with van der Waals surface area (Å²) in [7, 11) is 0. The van der Waals surface area contributed by atoms with Crippen molar-refractivity contribution in [2.45, 2.75) is 12.5 Å². The molecule has 0 saturated carbocycles. The van der Waals surface area contributed by atoms with Gasteiger partial charge in [-0.15, -0.1) is 0 Å². The molecule has 68 valence electrons. The van der Waals surface area contributed by atoms with E-state index in [1.165, 1.54) is 6.08 Å². The van der Waals surface area contributed by atoms with E-state index in [1.54, 1.807) is 6.08 Å². The molecule has 0 bridgehead atoms. The molecule has 1 saturated heterocycles. The number of carbonyl (C=O) groups is 1. The van der Waals surface area contributed by atoms with Gasteiger partial charge < -0.3 is 10.8 Å². The van der Waals surface area contributed by atoms with Crippen LogP contribution in [0.1, 0.15) is 6.42 Å². The van der Waals surface area contributed by atoms with Gasteiger partial charge in [0.05, 0.1) is 6.10 Å². The Morgan fingerprint density at radius 2 is 2.50 bits per heavy atom. The Balaban J connectivity index is 2.20. The van der Waals surface area contributed by atoms with Crippen molar-refractivity contribution in [3.05, 3.63) is 12.2 Å². The molecule has 0 radical (unpaired) electrons. The Bertz CT molecular complexity index is 191. The van der Waals surface area contributed by atoms with Crippen molar-refractivity contribution in [2.24, 2.45) is 5.73 Å². The van der Waals surface area contributed by atoms with Crippen LogP contribution in [0.5, 0.6) is 0 Å². The summed E-state index contributed by atoms with van der Waals surface area (Å²) in [6.45, 7) is 2.29. The molecule has 12 heavy (non-hydrogen) atoms. The molecule has 0 aromatic carbocycles. The lowest BCUT2D eigenvalue weighted by Gasteiger charge is -2.10. The fourth-order valence-corrected chi connectivity index (χ4v) is 1.30. The van der Waals surface area contributed by atoms with Crippen LogP contribution in [0.25, 0.3) is 0 Å². The van der Waals surface area contributed by atoms with E-state index in [-0.39, 0.29) is 6.10 Å². The lowest BCUT2D eigenvalue weighted by atomic mass is 10.3. The third-order valence-corrected chi connectivity index (χ3v) is 1.89. The first-order valence-electron chi connectivity index (χ1n) is 4.05. The van der Waals surface area contributed by atoms with E-state index in [0.29, 0.717) is 13.1 Å². The van der Waals surface area contributed by atoms with Gasteiger partial charge in [-0.05, 0) is 12.5 Å². The standard InChI is InChI=1S/C8H14N2O2/c9-8(12)2-1-4-10-5-3-7(11)6-10/h1-2,7,11H,3-6H2,(H2,9,12). The SMILES string of the molecule is NC(=O)C=CCN1CCC(O)C1. The molecule has 4 heteroatoms. The molecule has 4 nitrogen and oxygen atoms in total. The second-order valence-corrected chi connectivity index (χ2v) is 3.01. The molecular weight excluding hydrogens is 156 g/mol. The van der Waals surface area contributed by atoms with E-state index in [9.17, 15) is 4.79 Å². The highest BCUT2D eigenvalue weighted by Crippen LogP contribution is 2.07. The summed E-state index contributed by atoms with van der Waals surface area (Å²) in [5.74, 6) is -0.422. The summed E-state index contributed by atoms with van der Waals surface area (Å²) in [5, 5.41) is 9.15. The molecular formula is C8H14N2O2. The van der Waals surface area contributed by atoms with Gasteiger partial charge >= 0.3 is 0 Å². The zero-order valence-corrected chi connectivity index (χ0v) is 6.94. The van der Waals surface area contributed by atoms with E-state index in [2.05, 4.69) is 4.90 Å². The van der Waals surface area contributed by atoms with Crippen molar-refractivity contribution in [3.8, 4) is 0 Å². The maximum absolute atomic E-state index is 10.3. The second kappa shape index (κ2) is 4.23. The first kappa shape index (κ1) is 9.22. The molecule has 3 N–H and O–H groups in total. The number of primary amides is 1. The topological polar surface area (TPSA) is 66.6 Å². The number of nitrogens with two attached hydrogens (primary N) is 1. The van der Waals surface area contributed by atoms with Crippen LogP contribution in [0.4, 0.5) is 0 Å². The van der Waals surface area contributed by atoms with Crippen molar-refractivity contribution in [3.63, 3.8) is 0 Å². The third kappa shape index (κ3) is 3.02. The van der Waals surface area contributed by atoms with Gasteiger partial charge in [0.15, 0.2) is 0 Å². The summed E-state index contributed by atoms with van der Waals surface area (Å²) < 4.78 is 0. The number of β-amino-alcohol motifs (C(OH)–C–C–N with tert-alkyl or cyclic N) is 1. The number of hydrogen-bond donors (Lipinski definition) is 2. The predicted molar refractivity (Wildman–Crippen MR) is 45.4 cm³/mol. The van der Waals surface area contributed by atoms with Gasteiger partial charge in [0, 0.05) is 19.6 Å². The van der Waals surface area contributed by atoms with Crippen molar-refractivity contribution in [1.82, 2.24) is 4.90 Å². The molecule has 1 fully saturated rings. The fourth-order valence-electron chi connectivity index (χ4n) is 1.30. The smallest absolute Gasteiger partial charge is 0.241 e. The minimum absolute atomic E-state index is 0.202. The monoisotopic (exact) mass is 170 g/mol. The van der Waals surface area contributed by atoms with E-state index in [1.807, 2.05) is 0 Å². The third-order valence-electron chi connectivity index (χ3n) is 1.89. The number of likely N-dealkylation sites (tertiary alicyclic amines) is 1. The highest BCUT2D eigenvalue weighted by atomic mass is 16.3. The number of nitrogens with zero attached hydrogens (tertiary/aromatic N) is 1. The van der Waals surface area contributed by atoms with Crippen LogP contribution >= 0.6 is 0 Å². The highest BCUT2D eigenvalue weighted by Gasteiger charge is 2.18. The van der Waals surface area contributed by atoms with Crippen molar-refractivity contribution in [2.75, 3.05) is 19.6 Å². The second-order valence-electron chi connectivity index (χ2n) is 3.01. The normalized spacial score (nSPS) is 25.2. The van der Waals surface area contributed by atoms with Crippen LogP contribution in [-0.4, -0.2) is 41.7 Å². The average Bonchev–Trinajstić information content (AvgIpc) is 2.35. The molecule has 1 atom stereocenters. The first-order valence-corrected chi connectivity index (χ1v) is 4.05. The van der Waals surface area contributed by atoms with Crippen LogP contribution in [0.2, 0.25) is 0 Å². The summed E-state index contributed by atoms with van der Waals surface area (Å²) >= 11 is 0. The molecule has 1 aliphatic heterocycles. The first-order chi connectivity index (χ1) is 5.68. The number of rotatable bonds is 3. The summed E-state index contributed by atoms with van der Waals surface area (Å²) in [5.41, 5.74) is 4.91. The van der Waals surface area contributed by atoms with Crippen molar-refractivity contribution in [1.29, 1.82) is 0 Å². The zero-order valence-electron chi connectivity index (χ0n) is 6.94. The van der Waals surface area contributed by atoms with Crippen molar-refractivity contribution < 1.29 is 9.90 Å². The van der Waals surface area contributed by atoms with E-state index < -0.39 is 5.91 Å². The minimum atomic E-state index is -0.422. The number of aliphatic hydroxyl groups is 1. The lowest BCUT2D eigenvalue weighted by Crippen LogP contribution is -2.22. The van der Waals surface area contributed by atoms with Gasteiger partial charge in [0.2, 0.25) is 5.91 Å². The quantitative estimate of drug-likeness (QED) is 0.539. The largest absolute Gasteiger partial charge is 0.392 e. The number of hydrogen-bond acceptors (Lipinski definition) is 3. The maximum atomic E-state index is 10.3. The Labute approximate surface area is 71.7 Å². The highest BCUT2D eigenvalue weighted by molar-refractivity contribution is 5.85. The van der Waals surface area contributed by atoms with E-state index >= 15 is 0 Å². The molecule has 0 aromatic heterocycles. The van der Waals surface area contributed by atoms with E-state index in [0.717, 1.165) is 13.0 Å². The Morgan fingerprint density at radius 1 is 1.75 bits per heavy atom. The van der Waals surface area contributed by atoms with Crippen LogP contribution in [-0.2, 0) is 4.79 Å². The lowest BCUT2D eigenvalue weighted by molar-refractivity contribution is -0.113. The van der Waals surface area contributed by atoms with Crippen LogP contribution < -0.4 is 5.73 Å². The van der Waals surface area contributed by atoms with Gasteiger partial charge in [-0.1, -0.05) is 6.08 Å². The van der Waals surface area contributed by atoms with Gasteiger partial charge in [-0.3, -0.25) is 9.69 Å². The fraction of sp³-hybridized carbons (Fsp3) is 0.625. The van der Waals surface area contributed by atoms with E-state index in [4.69, 9.17) is 10.8 Å². The van der Waals surface area contributed by atoms with Crippen molar-refractivity contribution >= 4 is 5.91 Å².